The summed E-state index contributed by atoms with van der Waals surface area (Å²) >= 11 is 1.57. The number of nitrogens with one attached hydrogen (secondary N) is 1. The topological polar surface area (TPSA) is 52.5 Å². The number of hydrogen-bond acceptors (Lipinski definition) is 4. The summed E-state index contributed by atoms with van der Waals surface area (Å²) in [4.78, 5) is 0. The molecule has 1 aromatic heterocycles. The molecule has 80 valence electrons. The first kappa shape index (κ1) is 11.7. The number of hydrogen-bond donors (Lipinski definition) is 3. The second-order valence-corrected chi connectivity index (χ2v) is 4.29. The molecule has 0 aliphatic heterocycles. The van der Waals surface area contributed by atoms with Gasteiger partial charge in [0.25, 0.3) is 0 Å². The van der Waals surface area contributed by atoms with Gasteiger partial charge in [-0.2, -0.15) is 11.3 Å². The molecular weight excluding hydrogens is 198 g/mol. The van der Waals surface area contributed by atoms with E-state index in [0.29, 0.717) is 6.54 Å². The monoisotopic (exact) mass is 215 g/mol. The van der Waals surface area contributed by atoms with Crippen molar-refractivity contribution in [3.63, 3.8) is 0 Å². The number of aliphatic hydroxyl groups is 2. The molecule has 0 saturated heterocycles. The Hall–Kier alpha value is -0.420. The lowest BCUT2D eigenvalue weighted by Crippen LogP contribution is -2.37. The zero-order valence-corrected chi connectivity index (χ0v) is 9.29. The van der Waals surface area contributed by atoms with Crippen LogP contribution in [0.3, 0.4) is 0 Å². The van der Waals surface area contributed by atoms with Gasteiger partial charge >= 0.3 is 0 Å². The fourth-order valence-electron chi connectivity index (χ4n) is 1.05. The Morgan fingerprint density at radius 1 is 1.43 bits per heavy atom. The van der Waals surface area contributed by atoms with E-state index in [2.05, 4.69) is 5.32 Å². The molecule has 0 aliphatic carbocycles. The summed E-state index contributed by atoms with van der Waals surface area (Å²) in [7, 11) is 0. The van der Waals surface area contributed by atoms with E-state index >= 15 is 0 Å². The molecule has 1 aromatic rings. The maximum Gasteiger partial charge on any atom is 0.0922 e. The van der Waals surface area contributed by atoms with Gasteiger partial charge in [-0.05, 0) is 36.2 Å². The zero-order chi connectivity index (χ0) is 10.6. The van der Waals surface area contributed by atoms with Crippen LogP contribution in [-0.2, 0) is 0 Å². The summed E-state index contributed by atoms with van der Waals surface area (Å²) < 4.78 is 0. The van der Waals surface area contributed by atoms with Crippen molar-refractivity contribution in [2.45, 2.75) is 32.1 Å². The van der Waals surface area contributed by atoms with E-state index in [-0.39, 0.29) is 6.04 Å². The van der Waals surface area contributed by atoms with Crippen LogP contribution in [0.2, 0.25) is 0 Å². The second-order valence-electron chi connectivity index (χ2n) is 3.51. The van der Waals surface area contributed by atoms with Gasteiger partial charge in [0.1, 0.15) is 0 Å². The Kier molecular flexibility index (Phi) is 4.54. The second kappa shape index (κ2) is 5.46. The van der Waals surface area contributed by atoms with Gasteiger partial charge in [0.15, 0.2) is 0 Å². The summed E-state index contributed by atoms with van der Waals surface area (Å²) in [5, 5.41) is 25.9. The van der Waals surface area contributed by atoms with Crippen LogP contribution in [0.15, 0.2) is 16.8 Å². The van der Waals surface area contributed by atoms with E-state index in [1.54, 1.807) is 18.3 Å². The molecule has 4 heteroatoms. The molecule has 0 aliphatic rings. The molecule has 0 bridgehead atoms. The van der Waals surface area contributed by atoms with Crippen LogP contribution >= 0.6 is 11.3 Å². The maximum atomic E-state index is 9.70. The smallest absolute Gasteiger partial charge is 0.0922 e. The molecule has 0 saturated carbocycles. The average Bonchev–Trinajstić information content (AvgIpc) is 2.66. The van der Waals surface area contributed by atoms with E-state index in [4.69, 9.17) is 0 Å². The molecular formula is C10H17NO2S. The third kappa shape index (κ3) is 3.38. The quantitative estimate of drug-likeness (QED) is 0.690. The molecule has 0 fully saturated rings. The highest BCUT2D eigenvalue weighted by Gasteiger charge is 2.12. The molecule has 3 atom stereocenters. The predicted octanol–water partition coefficient (Wildman–Crippen LogP) is 1.14. The Morgan fingerprint density at radius 2 is 2.14 bits per heavy atom. The Bertz CT molecular complexity index is 249. The van der Waals surface area contributed by atoms with Crippen molar-refractivity contribution in [2.75, 3.05) is 6.54 Å². The van der Waals surface area contributed by atoms with Gasteiger partial charge in [-0.25, -0.2) is 0 Å². The molecule has 3 nitrogen and oxygen atoms in total. The van der Waals surface area contributed by atoms with Gasteiger partial charge in [0, 0.05) is 12.6 Å². The molecule has 0 spiro atoms. The minimum absolute atomic E-state index is 0.00304. The summed E-state index contributed by atoms with van der Waals surface area (Å²) in [6, 6.07) is 1.91. The normalized spacial score (nSPS) is 17.7. The Balaban J connectivity index is 2.32. The van der Waals surface area contributed by atoms with Crippen LogP contribution < -0.4 is 5.32 Å². The maximum absolute atomic E-state index is 9.70. The molecule has 1 heterocycles. The van der Waals surface area contributed by atoms with Gasteiger partial charge < -0.3 is 15.5 Å². The van der Waals surface area contributed by atoms with E-state index in [0.717, 1.165) is 5.56 Å². The van der Waals surface area contributed by atoms with Crippen molar-refractivity contribution >= 4 is 11.3 Å². The largest absolute Gasteiger partial charge is 0.392 e. The summed E-state index contributed by atoms with van der Waals surface area (Å²) in [5.74, 6) is 0. The van der Waals surface area contributed by atoms with Crippen molar-refractivity contribution in [3.05, 3.63) is 22.4 Å². The van der Waals surface area contributed by atoms with Crippen molar-refractivity contribution in [3.8, 4) is 0 Å². The van der Waals surface area contributed by atoms with E-state index in [1.807, 2.05) is 23.8 Å². The van der Waals surface area contributed by atoms with Gasteiger partial charge in [-0.1, -0.05) is 0 Å². The van der Waals surface area contributed by atoms with Gasteiger partial charge in [0.2, 0.25) is 0 Å². The first-order valence-corrected chi connectivity index (χ1v) is 5.67. The number of thiophene rings is 1. The molecule has 0 amide bonds. The van der Waals surface area contributed by atoms with Gasteiger partial charge in [0.05, 0.1) is 12.2 Å². The fourth-order valence-corrected chi connectivity index (χ4v) is 1.76. The number of aliphatic hydroxyl groups excluding tert-OH is 2. The predicted molar refractivity (Wildman–Crippen MR) is 58.4 cm³/mol. The summed E-state index contributed by atoms with van der Waals surface area (Å²) in [6.45, 7) is 4.10. The van der Waals surface area contributed by atoms with Gasteiger partial charge in [-0.15, -0.1) is 0 Å². The fraction of sp³-hybridized carbons (Fsp3) is 0.600. The highest BCUT2D eigenvalue weighted by atomic mass is 32.1. The van der Waals surface area contributed by atoms with Crippen molar-refractivity contribution in [2.24, 2.45) is 0 Å². The van der Waals surface area contributed by atoms with E-state index in [9.17, 15) is 10.2 Å². The third-order valence-electron chi connectivity index (χ3n) is 2.28. The van der Waals surface area contributed by atoms with Crippen LogP contribution in [0.25, 0.3) is 0 Å². The van der Waals surface area contributed by atoms with Crippen LogP contribution in [0.1, 0.15) is 25.5 Å². The van der Waals surface area contributed by atoms with Crippen LogP contribution in [0, 0.1) is 0 Å². The molecule has 3 unspecified atom stereocenters. The first-order chi connectivity index (χ1) is 6.61. The molecule has 0 radical (unpaired) electrons. The summed E-state index contributed by atoms with van der Waals surface area (Å²) in [6.07, 6.45) is -0.882. The minimum Gasteiger partial charge on any atom is -0.392 e. The average molecular weight is 215 g/mol. The van der Waals surface area contributed by atoms with Crippen LogP contribution in [0.4, 0.5) is 0 Å². The lowest BCUT2D eigenvalue weighted by Gasteiger charge is -2.18. The third-order valence-corrected chi connectivity index (χ3v) is 2.99. The molecule has 3 N–H and O–H groups in total. The minimum atomic E-state index is -0.484. The lowest BCUT2D eigenvalue weighted by atomic mass is 10.1. The Labute approximate surface area is 88.4 Å². The SMILES string of the molecule is CC(O)C(C)NCC(O)c1ccsc1. The Morgan fingerprint density at radius 3 is 2.64 bits per heavy atom. The first-order valence-electron chi connectivity index (χ1n) is 4.73. The van der Waals surface area contributed by atoms with Gasteiger partial charge in [-0.3, -0.25) is 0 Å². The van der Waals surface area contributed by atoms with Crippen LogP contribution in [-0.4, -0.2) is 28.9 Å². The molecule has 0 aromatic carbocycles. The highest BCUT2D eigenvalue weighted by molar-refractivity contribution is 7.07. The zero-order valence-electron chi connectivity index (χ0n) is 8.47. The molecule has 1 rings (SSSR count). The van der Waals surface area contributed by atoms with Crippen molar-refractivity contribution in [1.82, 2.24) is 5.32 Å². The standard InChI is InChI=1S/C10H17NO2S/c1-7(8(2)12)11-5-10(13)9-3-4-14-6-9/h3-4,6-8,10-13H,5H2,1-2H3. The number of rotatable bonds is 5. The van der Waals surface area contributed by atoms with Crippen LogP contribution in [0.5, 0.6) is 0 Å². The summed E-state index contributed by atoms with van der Waals surface area (Å²) in [5.41, 5.74) is 0.931. The molecule has 14 heavy (non-hydrogen) atoms. The lowest BCUT2D eigenvalue weighted by molar-refractivity contribution is 0.128. The van der Waals surface area contributed by atoms with E-state index in [1.165, 1.54) is 0 Å². The van der Waals surface area contributed by atoms with Crippen molar-refractivity contribution < 1.29 is 10.2 Å². The van der Waals surface area contributed by atoms with E-state index < -0.39 is 12.2 Å². The van der Waals surface area contributed by atoms with Crippen molar-refractivity contribution in [1.29, 1.82) is 0 Å². The highest BCUT2D eigenvalue weighted by Crippen LogP contribution is 2.15.